The second-order valence-corrected chi connectivity index (χ2v) is 5.45. The molecule has 0 saturated carbocycles. The molecular weight excluding hydrogens is 313 g/mol. The minimum Gasteiger partial charge on any atom is -0.322 e. The highest BCUT2D eigenvalue weighted by molar-refractivity contribution is 6.30. The zero-order chi connectivity index (χ0) is 16.2. The summed E-state index contributed by atoms with van der Waals surface area (Å²) in [5.41, 5.74) is 2.40. The first kappa shape index (κ1) is 15.3. The molecule has 0 saturated heterocycles. The van der Waals surface area contributed by atoms with Crippen LogP contribution in [0, 0.1) is 5.82 Å². The molecule has 0 spiro atoms. The number of carbonyl (C=O) groups is 1. The molecule has 0 atom stereocenters. The highest BCUT2D eigenvalue weighted by atomic mass is 35.5. The van der Waals surface area contributed by atoms with Crippen LogP contribution in [0.4, 0.5) is 10.1 Å². The quantitative estimate of drug-likeness (QED) is 0.686. The van der Waals surface area contributed by atoms with Crippen LogP contribution in [0.2, 0.25) is 5.02 Å². The van der Waals surface area contributed by atoms with Gasteiger partial charge >= 0.3 is 0 Å². The molecule has 1 amide bonds. The number of hydrogen-bond donors (Lipinski definition) is 1. The van der Waals surface area contributed by atoms with Crippen LogP contribution in [0.15, 0.2) is 72.8 Å². The maximum atomic E-state index is 13.8. The first-order chi connectivity index (χ1) is 11.1. The Morgan fingerprint density at radius 3 is 2.17 bits per heavy atom. The van der Waals surface area contributed by atoms with Crippen LogP contribution in [0.25, 0.3) is 11.1 Å². The van der Waals surface area contributed by atoms with Gasteiger partial charge in [0, 0.05) is 21.8 Å². The van der Waals surface area contributed by atoms with Gasteiger partial charge in [0.2, 0.25) is 0 Å². The first-order valence-corrected chi connectivity index (χ1v) is 7.43. The van der Waals surface area contributed by atoms with E-state index in [1.165, 1.54) is 6.07 Å². The molecule has 0 aliphatic heterocycles. The minimum atomic E-state index is -0.286. The van der Waals surface area contributed by atoms with Gasteiger partial charge in [-0.15, -0.1) is 0 Å². The average molecular weight is 326 g/mol. The molecule has 0 aromatic heterocycles. The Balaban J connectivity index is 1.78. The third kappa shape index (κ3) is 3.58. The topological polar surface area (TPSA) is 29.1 Å². The Hall–Kier alpha value is -2.65. The lowest BCUT2D eigenvalue weighted by molar-refractivity contribution is 0.102. The number of anilines is 1. The second-order valence-electron chi connectivity index (χ2n) is 5.02. The average Bonchev–Trinajstić information content (AvgIpc) is 2.57. The number of nitrogens with one attached hydrogen (secondary N) is 1. The molecule has 0 aliphatic carbocycles. The molecule has 3 aromatic carbocycles. The van der Waals surface area contributed by atoms with Crippen LogP contribution in [0.1, 0.15) is 10.4 Å². The van der Waals surface area contributed by atoms with Gasteiger partial charge in [0.15, 0.2) is 0 Å². The number of halogens is 2. The van der Waals surface area contributed by atoms with Gasteiger partial charge in [-0.2, -0.15) is 0 Å². The monoisotopic (exact) mass is 325 g/mol. The molecule has 0 radical (unpaired) electrons. The summed E-state index contributed by atoms with van der Waals surface area (Å²) in [4.78, 5) is 12.2. The molecule has 2 nitrogen and oxygen atoms in total. The van der Waals surface area contributed by atoms with Gasteiger partial charge in [-0.05, 0) is 48.0 Å². The fourth-order valence-corrected chi connectivity index (χ4v) is 2.36. The van der Waals surface area contributed by atoms with E-state index in [1.54, 1.807) is 66.7 Å². The van der Waals surface area contributed by atoms with Crippen LogP contribution in [-0.2, 0) is 0 Å². The summed E-state index contributed by atoms with van der Waals surface area (Å²) in [5, 5.41) is 3.39. The third-order valence-electron chi connectivity index (χ3n) is 3.43. The largest absolute Gasteiger partial charge is 0.322 e. The van der Waals surface area contributed by atoms with E-state index in [4.69, 9.17) is 11.6 Å². The molecule has 114 valence electrons. The van der Waals surface area contributed by atoms with E-state index in [-0.39, 0.29) is 11.7 Å². The predicted octanol–water partition coefficient (Wildman–Crippen LogP) is 5.40. The lowest BCUT2D eigenvalue weighted by Crippen LogP contribution is -2.11. The van der Waals surface area contributed by atoms with E-state index in [1.807, 2.05) is 0 Å². The van der Waals surface area contributed by atoms with Gasteiger partial charge in [-0.3, -0.25) is 4.79 Å². The van der Waals surface area contributed by atoms with Crippen molar-refractivity contribution in [3.63, 3.8) is 0 Å². The third-order valence-corrected chi connectivity index (χ3v) is 3.69. The highest BCUT2D eigenvalue weighted by Gasteiger charge is 2.08. The van der Waals surface area contributed by atoms with Crippen LogP contribution in [-0.4, -0.2) is 5.91 Å². The summed E-state index contributed by atoms with van der Waals surface area (Å²) in [6.45, 7) is 0. The van der Waals surface area contributed by atoms with Crippen molar-refractivity contribution in [2.75, 3.05) is 5.32 Å². The van der Waals surface area contributed by atoms with E-state index in [0.29, 0.717) is 21.8 Å². The molecule has 0 bridgehead atoms. The second kappa shape index (κ2) is 6.63. The molecular formula is C19H13ClFNO. The van der Waals surface area contributed by atoms with Crippen molar-refractivity contribution in [3.8, 4) is 11.1 Å². The molecule has 4 heteroatoms. The molecule has 23 heavy (non-hydrogen) atoms. The number of benzene rings is 3. The fraction of sp³-hybridized carbons (Fsp3) is 0. The van der Waals surface area contributed by atoms with Gasteiger partial charge in [-0.1, -0.05) is 41.9 Å². The van der Waals surface area contributed by atoms with Crippen molar-refractivity contribution in [1.29, 1.82) is 0 Å². The van der Waals surface area contributed by atoms with Crippen LogP contribution >= 0.6 is 11.6 Å². The standard InChI is InChI=1S/C19H13ClFNO/c20-15-9-11-16(12-10-15)22-19(23)14-7-5-13(6-8-14)17-3-1-2-4-18(17)21/h1-12H,(H,22,23). The molecule has 3 aromatic rings. The van der Waals surface area contributed by atoms with Crippen LogP contribution < -0.4 is 5.32 Å². The number of rotatable bonds is 3. The number of carbonyl (C=O) groups excluding carboxylic acids is 1. The maximum Gasteiger partial charge on any atom is 0.255 e. The Kier molecular flexibility index (Phi) is 4.40. The summed E-state index contributed by atoms with van der Waals surface area (Å²) in [5.74, 6) is -0.515. The van der Waals surface area contributed by atoms with E-state index in [0.717, 1.165) is 5.56 Å². The van der Waals surface area contributed by atoms with Gasteiger partial charge in [0.1, 0.15) is 5.82 Å². The Labute approximate surface area is 138 Å². The lowest BCUT2D eigenvalue weighted by atomic mass is 10.0. The van der Waals surface area contributed by atoms with E-state index in [9.17, 15) is 9.18 Å². The fourth-order valence-electron chi connectivity index (χ4n) is 2.23. The molecule has 0 heterocycles. The first-order valence-electron chi connectivity index (χ1n) is 7.05. The van der Waals surface area contributed by atoms with Gasteiger partial charge < -0.3 is 5.32 Å². The normalized spacial score (nSPS) is 10.3. The number of hydrogen-bond acceptors (Lipinski definition) is 1. The van der Waals surface area contributed by atoms with Gasteiger partial charge in [0.25, 0.3) is 5.91 Å². The maximum absolute atomic E-state index is 13.8. The van der Waals surface area contributed by atoms with Crippen LogP contribution in [0.3, 0.4) is 0 Å². The molecule has 0 unspecified atom stereocenters. The number of amides is 1. The van der Waals surface area contributed by atoms with Crippen molar-refractivity contribution >= 4 is 23.2 Å². The van der Waals surface area contributed by atoms with E-state index >= 15 is 0 Å². The van der Waals surface area contributed by atoms with Gasteiger partial charge in [-0.25, -0.2) is 4.39 Å². The van der Waals surface area contributed by atoms with E-state index in [2.05, 4.69) is 5.32 Å². The zero-order valence-corrected chi connectivity index (χ0v) is 12.8. The minimum absolute atomic E-state index is 0.229. The van der Waals surface area contributed by atoms with Crippen molar-refractivity contribution in [1.82, 2.24) is 0 Å². The molecule has 0 aliphatic rings. The Morgan fingerprint density at radius 2 is 1.52 bits per heavy atom. The van der Waals surface area contributed by atoms with E-state index < -0.39 is 0 Å². The molecule has 1 N–H and O–H groups in total. The SMILES string of the molecule is O=C(Nc1ccc(Cl)cc1)c1ccc(-c2ccccc2F)cc1. The summed E-state index contributed by atoms with van der Waals surface area (Å²) < 4.78 is 13.8. The van der Waals surface area contributed by atoms with Crippen molar-refractivity contribution < 1.29 is 9.18 Å². The van der Waals surface area contributed by atoms with Crippen molar-refractivity contribution in [2.24, 2.45) is 0 Å². The molecule has 0 fully saturated rings. The summed E-state index contributed by atoms with van der Waals surface area (Å²) in [6.07, 6.45) is 0. The Bertz CT molecular complexity index is 829. The van der Waals surface area contributed by atoms with Crippen LogP contribution in [0.5, 0.6) is 0 Å². The predicted molar refractivity (Wildman–Crippen MR) is 91.2 cm³/mol. The summed E-state index contributed by atoms with van der Waals surface area (Å²) in [7, 11) is 0. The van der Waals surface area contributed by atoms with Crippen molar-refractivity contribution in [2.45, 2.75) is 0 Å². The van der Waals surface area contributed by atoms with Crippen molar-refractivity contribution in [3.05, 3.63) is 89.2 Å². The zero-order valence-electron chi connectivity index (χ0n) is 12.1. The smallest absolute Gasteiger partial charge is 0.255 e. The summed E-state index contributed by atoms with van der Waals surface area (Å²) >= 11 is 5.81. The molecule has 3 rings (SSSR count). The Morgan fingerprint density at radius 1 is 0.870 bits per heavy atom. The highest BCUT2D eigenvalue weighted by Crippen LogP contribution is 2.23. The summed E-state index contributed by atoms with van der Waals surface area (Å²) in [6, 6.07) is 20.2. The lowest BCUT2D eigenvalue weighted by Gasteiger charge is -2.07. The van der Waals surface area contributed by atoms with Gasteiger partial charge in [0.05, 0.1) is 0 Å².